The van der Waals surface area contributed by atoms with E-state index in [4.69, 9.17) is 4.52 Å². The number of benzene rings is 2. The molecule has 1 aliphatic heterocycles. The first-order valence-electron chi connectivity index (χ1n) is 10.7. The summed E-state index contributed by atoms with van der Waals surface area (Å²) in [5.74, 6) is -0.0292. The maximum Gasteiger partial charge on any atom is 0.241 e. The van der Waals surface area contributed by atoms with Gasteiger partial charge >= 0.3 is 0 Å². The zero-order valence-corrected chi connectivity index (χ0v) is 18.6. The van der Waals surface area contributed by atoms with Gasteiger partial charge in [-0.1, -0.05) is 11.2 Å². The van der Waals surface area contributed by atoms with Gasteiger partial charge in [-0.05, 0) is 55.6 Å². The fraction of sp³-hybridized carbons (Fsp3) is 0.348. The molecule has 4 aromatic rings. The van der Waals surface area contributed by atoms with Gasteiger partial charge in [0.25, 0.3) is 0 Å². The highest BCUT2D eigenvalue weighted by Gasteiger charge is 2.28. The topological polar surface area (TPSA) is 80.4 Å². The van der Waals surface area contributed by atoms with Gasteiger partial charge in [0.15, 0.2) is 5.58 Å². The average Bonchev–Trinajstić information content (AvgIpc) is 3.32. The molecular weight excluding hydrogens is 431 g/mol. The van der Waals surface area contributed by atoms with Gasteiger partial charge < -0.3 is 14.0 Å². The van der Waals surface area contributed by atoms with Crippen molar-refractivity contribution < 1.29 is 17.3 Å². The van der Waals surface area contributed by atoms with Crippen LogP contribution in [0.2, 0.25) is 0 Å². The fourth-order valence-electron chi connectivity index (χ4n) is 4.42. The molecule has 9 heteroatoms. The van der Waals surface area contributed by atoms with Crippen molar-refractivity contribution in [1.29, 1.82) is 0 Å². The third-order valence-electron chi connectivity index (χ3n) is 6.17. The summed E-state index contributed by atoms with van der Waals surface area (Å²) in [6, 6.07) is 11.7. The Labute approximate surface area is 185 Å². The van der Waals surface area contributed by atoms with Crippen molar-refractivity contribution in [2.75, 3.05) is 26.2 Å². The number of likely N-dealkylation sites (tertiary alicyclic amines) is 1. The van der Waals surface area contributed by atoms with Crippen LogP contribution in [0.5, 0.6) is 0 Å². The lowest BCUT2D eigenvalue weighted by Gasteiger charge is -2.39. The van der Waals surface area contributed by atoms with Gasteiger partial charge in [-0.15, -0.1) is 0 Å². The Morgan fingerprint density at radius 3 is 2.88 bits per heavy atom. The fourth-order valence-corrected chi connectivity index (χ4v) is 5.75. The predicted octanol–water partition coefficient (Wildman–Crippen LogP) is 3.30. The molecule has 1 saturated heterocycles. The Kier molecular flexibility index (Phi) is 5.48. The van der Waals surface area contributed by atoms with E-state index < -0.39 is 10.0 Å². The number of sulfonamides is 1. The predicted molar refractivity (Wildman–Crippen MR) is 120 cm³/mol. The molecule has 3 heterocycles. The highest BCUT2D eigenvalue weighted by atomic mass is 32.2. The lowest BCUT2D eigenvalue weighted by atomic mass is 10.00. The molecule has 1 aliphatic rings. The SMILES string of the molecule is Cn1ccc2c(S(=O)(=O)NCC3CN(CCCc4noc5cc(F)ccc45)C3)cccc21. The van der Waals surface area contributed by atoms with Crippen molar-refractivity contribution in [3.63, 3.8) is 0 Å². The third kappa shape index (κ3) is 4.03. The number of nitrogens with zero attached hydrogens (tertiary/aromatic N) is 3. The van der Waals surface area contributed by atoms with Crippen molar-refractivity contribution in [2.24, 2.45) is 13.0 Å². The number of hydrogen-bond donors (Lipinski definition) is 1. The van der Waals surface area contributed by atoms with E-state index in [1.807, 2.05) is 29.9 Å². The molecule has 0 saturated carbocycles. The van der Waals surface area contributed by atoms with Gasteiger partial charge in [0.05, 0.1) is 10.6 Å². The number of aromatic nitrogens is 2. The van der Waals surface area contributed by atoms with Crippen LogP contribution in [-0.2, 0) is 23.5 Å². The molecule has 5 rings (SSSR count). The van der Waals surface area contributed by atoms with Crippen LogP contribution in [0.15, 0.2) is 58.1 Å². The minimum Gasteiger partial charge on any atom is -0.356 e. The zero-order valence-electron chi connectivity index (χ0n) is 17.8. The lowest BCUT2D eigenvalue weighted by molar-refractivity contribution is 0.102. The van der Waals surface area contributed by atoms with E-state index in [0.29, 0.717) is 22.9 Å². The van der Waals surface area contributed by atoms with Crippen LogP contribution in [0.1, 0.15) is 12.1 Å². The molecule has 0 amide bonds. The van der Waals surface area contributed by atoms with Crippen molar-refractivity contribution in [3.8, 4) is 0 Å². The number of nitrogens with one attached hydrogen (secondary N) is 1. The Hall–Kier alpha value is -2.75. The molecule has 0 aliphatic carbocycles. The van der Waals surface area contributed by atoms with Crippen LogP contribution in [0.25, 0.3) is 21.9 Å². The molecule has 0 spiro atoms. The number of hydrogen-bond acceptors (Lipinski definition) is 5. The van der Waals surface area contributed by atoms with Crippen molar-refractivity contribution >= 4 is 31.9 Å². The molecule has 0 bridgehead atoms. The van der Waals surface area contributed by atoms with Crippen LogP contribution in [0.3, 0.4) is 0 Å². The van der Waals surface area contributed by atoms with Crippen LogP contribution in [-0.4, -0.2) is 49.2 Å². The number of rotatable bonds is 8. The van der Waals surface area contributed by atoms with Gasteiger partial charge in [0, 0.05) is 55.2 Å². The second-order valence-electron chi connectivity index (χ2n) is 8.47. The Morgan fingerprint density at radius 1 is 1.19 bits per heavy atom. The molecule has 168 valence electrons. The molecule has 7 nitrogen and oxygen atoms in total. The largest absolute Gasteiger partial charge is 0.356 e. The van der Waals surface area contributed by atoms with Crippen molar-refractivity contribution in [2.45, 2.75) is 17.7 Å². The van der Waals surface area contributed by atoms with Gasteiger partial charge in [-0.2, -0.15) is 0 Å². The maximum atomic E-state index is 13.3. The molecule has 0 radical (unpaired) electrons. The van der Waals surface area contributed by atoms with E-state index >= 15 is 0 Å². The first kappa shape index (κ1) is 21.1. The molecule has 0 unspecified atom stereocenters. The molecule has 1 N–H and O–H groups in total. The van der Waals surface area contributed by atoms with E-state index in [1.165, 1.54) is 12.1 Å². The summed E-state index contributed by atoms with van der Waals surface area (Å²) in [5, 5.41) is 5.66. The number of fused-ring (bicyclic) bond motifs is 2. The van der Waals surface area contributed by atoms with Crippen molar-refractivity contribution in [3.05, 3.63) is 60.2 Å². The molecular formula is C23H25FN4O3S. The maximum absolute atomic E-state index is 13.3. The third-order valence-corrected chi connectivity index (χ3v) is 7.65. The number of aryl methyl sites for hydroxylation is 2. The Balaban J connectivity index is 1.10. The van der Waals surface area contributed by atoms with Gasteiger partial charge in [0.2, 0.25) is 10.0 Å². The van der Waals surface area contributed by atoms with Crippen LogP contribution < -0.4 is 4.72 Å². The summed E-state index contributed by atoms with van der Waals surface area (Å²) in [7, 11) is -1.66. The van der Waals surface area contributed by atoms with E-state index in [0.717, 1.165) is 54.5 Å². The second-order valence-corrected chi connectivity index (χ2v) is 10.2. The first-order valence-corrected chi connectivity index (χ1v) is 12.2. The summed E-state index contributed by atoms with van der Waals surface area (Å²) in [6.45, 7) is 3.06. The molecule has 1 fully saturated rings. The zero-order chi connectivity index (χ0) is 22.3. The molecule has 0 atom stereocenters. The minimum absolute atomic E-state index is 0.301. The summed E-state index contributed by atoms with van der Waals surface area (Å²) in [4.78, 5) is 2.63. The highest BCUT2D eigenvalue weighted by molar-refractivity contribution is 7.89. The van der Waals surface area contributed by atoms with E-state index in [1.54, 1.807) is 18.2 Å². The summed E-state index contributed by atoms with van der Waals surface area (Å²) >= 11 is 0. The van der Waals surface area contributed by atoms with Gasteiger partial charge in [-0.3, -0.25) is 0 Å². The first-order chi connectivity index (χ1) is 15.4. The average molecular weight is 457 g/mol. The van der Waals surface area contributed by atoms with Crippen molar-refractivity contribution in [1.82, 2.24) is 19.3 Å². The molecule has 32 heavy (non-hydrogen) atoms. The summed E-state index contributed by atoms with van der Waals surface area (Å²) in [5.41, 5.74) is 2.22. The monoisotopic (exact) mass is 456 g/mol. The Morgan fingerprint density at radius 2 is 2.03 bits per heavy atom. The van der Waals surface area contributed by atoms with E-state index in [2.05, 4.69) is 14.8 Å². The highest BCUT2D eigenvalue weighted by Crippen LogP contribution is 2.25. The number of halogens is 1. The molecule has 2 aromatic heterocycles. The van der Waals surface area contributed by atoms with E-state index in [-0.39, 0.29) is 5.82 Å². The van der Waals surface area contributed by atoms with Crippen LogP contribution in [0.4, 0.5) is 4.39 Å². The van der Waals surface area contributed by atoms with Crippen LogP contribution in [0, 0.1) is 11.7 Å². The van der Waals surface area contributed by atoms with E-state index in [9.17, 15) is 12.8 Å². The van der Waals surface area contributed by atoms with Gasteiger partial charge in [0.1, 0.15) is 5.82 Å². The molecule has 2 aromatic carbocycles. The normalized spacial score (nSPS) is 15.6. The quantitative estimate of drug-likeness (QED) is 0.440. The summed E-state index contributed by atoms with van der Waals surface area (Å²) < 4.78 is 48.8. The van der Waals surface area contributed by atoms with Gasteiger partial charge in [-0.25, -0.2) is 17.5 Å². The lowest BCUT2D eigenvalue weighted by Crippen LogP contribution is -2.51. The van der Waals surface area contributed by atoms with Crippen LogP contribution >= 0.6 is 0 Å². The summed E-state index contributed by atoms with van der Waals surface area (Å²) in [6.07, 6.45) is 3.54. The standard InChI is InChI=1S/C23H25FN4O3S/c1-27-11-9-19-21(27)5-2-6-23(19)32(29,30)25-13-16-14-28(15-16)10-3-4-20-18-8-7-17(24)12-22(18)31-26-20/h2,5-9,11-12,16,25H,3-4,10,13-15H2,1H3. The second kappa shape index (κ2) is 8.31. The Bertz CT molecular complexity index is 1370. The minimum atomic E-state index is -3.56. The smallest absolute Gasteiger partial charge is 0.241 e.